The number of hydrazone groups is 1. The zero-order valence-corrected chi connectivity index (χ0v) is 22.8. The predicted molar refractivity (Wildman–Crippen MR) is 146 cm³/mol. The molecule has 0 unspecified atom stereocenters. The number of esters is 1. The number of carbonyl (C=O) groups excluding carboxylic acids is 1. The molecule has 0 saturated carbocycles. The van der Waals surface area contributed by atoms with Crippen LogP contribution in [0.1, 0.15) is 22.6 Å². The lowest BCUT2D eigenvalue weighted by Crippen LogP contribution is -2.41. The molecule has 1 aliphatic carbocycles. The van der Waals surface area contributed by atoms with Gasteiger partial charge in [0, 0.05) is 29.5 Å². The Labute approximate surface area is 235 Å². The first kappa shape index (κ1) is 26.2. The number of fused-ring (bicyclic) bond motifs is 4. The third kappa shape index (κ3) is 4.22. The summed E-state index contributed by atoms with van der Waals surface area (Å²) in [6, 6.07) is 13.6. The SMILES string of the molecule is COC(=O)[C@@H]1[C@H](c2cc(OC)c(OC)c(OC)c2)c2cc3c(cc2C2=NN(c4cccc([N+](=O)[O-])c4)C[C@H]21)OCO3. The Morgan fingerprint density at radius 2 is 1.71 bits per heavy atom. The van der Waals surface area contributed by atoms with E-state index in [1.54, 1.807) is 17.1 Å². The minimum Gasteiger partial charge on any atom is -0.493 e. The molecule has 212 valence electrons. The summed E-state index contributed by atoms with van der Waals surface area (Å²) in [7, 11) is 5.94. The van der Waals surface area contributed by atoms with Crippen molar-refractivity contribution in [1.82, 2.24) is 0 Å². The van der Waals surface area contributed by atoms with Crippen LogP contribution in [0.15, 0.2) is 53.6 Å². The smallest absolute Gasteiger partial charge is 0.310 e. The highest BCUT2D eigenvalue weighted by molar-refractivity contribution is 6.10. The average molecular weight is 562 g/mol. The number of hydrogen-bond donors (Lipinski definition) is 0. The summed E-state index contributed by atoms with van der Waals surface area (Å²) < 4.78 is 33.6. The van der Waals surface area contributed by atoms with E-state index in [2.05, 4.69) is 0 Å². The molecule has 12 nitrogen and oxygen atoms in total. The number of ether oxygens (including phenoxy) is 6. The second-order valence-electron chi connectivity index (χ2n) is 9.73. The van der Waals surface area contributed by atoms with Crippen LogP contribution in [0.25, 0.3) is 0 Å². The largest absolute Gasteiger partial charge is 0.493 e. The Bertz CT molecular complexity index is 1560. The summed E-state index contributed by atoms with van der Waals surface area (Å²) in [6.45, 7) is 0.369. The van der Waals surface area contributed by atoms with E-state index in [1.807, 2.05) is 24.3 Å². The monoisotopic (exact) mass is 561 g/mol. The first-order chi connectivity index (χ1) is 19.9. The van der Waals surface area contributed by atoms with Crippen LogP contribution in [0.5, 0.6) is 28.7 Å². The van der Waals surface area contributed by atoms with Crippen LogP contribution in [-0.4, -0.2) is 58.4 Å². The van der Waals surface area contributed by atoms with Gasteiger partial charge in [-0.25, -0.2) is 0 Å². The number of methoxy groups -OCH3 is 4. The van der Waals surface area contributed by atoms with E-state index in [0.717, 1.165) is 16.7 Å². The maximum Gasteiger partial charge on any atom is 0.310 e. The molecule has 3 aromatic rings. The quantitative estimate of drug-likeness (QED) is 0.236. The zero-order chi connectivity index (χ0) is 28.8. The highest BCUT2D eigenvalue weighted by atomic mass is 16.7. The summed E-state index contributed by atoms with van der Waals surface area (Å²) >= 11 is 0. The van der Waals surface area contributed by atoms with E-state index in [1.165, 1.54) is 40.6 Å². The van der Waals surface area contributed by atoms with Crippen LogP contribution in [-0.2, 0) is 9.53 Å². The number of nitro groups is 1. The first-order valence-corrected chi connectivity index (χ1v) is 12.8. The molecule has 0 amide bonds. The average Bonchev–Trinajstić information content (AvgIpc) is 3.65. The van der Waals surface area contributed by atoms with Gasteiger partial charge in [-0.2, -0.15) is 5.10 Å². The van der Waals surface area contributed by atoms with Crippen LogP contribution in [0.2, 0.25) is 0 Å². The maximum atomic E-state index is 13.6. The molecule has 3 atom stereocenters. The van der Waals surface area contributed by atoms with E-state index in [-0.39, 0.29) is 12.5 Å². The standard InChI is InChI=1S/C29H27N3O9/c1-36-23-8-15(9-24(37-2)28(23)38-3)25-18-11-21-22(41-14-40-21)12-19(18)27-20(26(25)29(33)39-4)13-31(30-27)16-6-5-7-17(10-16)32(34)35/h5-12,20,25-26H,13-14H2,1-4H3/t20-,25+,26-/m0/s1. The minimum atomic E-state index is -0.710. The van der Waals surface area contributed by atoms with Crippen molar-refractivity contribution in [2.45, 2.75) is 5.92 Å². The molecule has 0 saturated heterocycles. The van der Waals surface area contributed by atoms with E-state index in [9.17, 15) is 14.9 Å². The summed E-state index contributed by atoms with van der Waals surface area (Å²) in [6.07, 6.45) is 0. The topological polar surface area (TPSA) is 131 Å². The van der Waals surface area contributed by atoms with E-state index in [4.69, 9.17) is 33.5 Å². The predicted octanol–water partition coefficient (Wildman–Crippen LogP) is 4.12. The number of hydrogen-bond acceptors (Lipinski definition) is 11. The van der Waals surface area contributed by atoms with Crippen molar-refractivity contribution in [3.05, 3.63) is 75.3 Å². The molecule has 0 fully saturated rings. The second-order valence-corrected chi connectivity index (χ2v) is 9.73. The van der Waals surface area contributed by atoms with Crippen molar-refractivity contribution in [3.8, 4) is 28.7 Å². The number of benzene rings is 3. The van der Waals surface area contributed by atoms with Crippen molar-refractivity contribution < 1.29 is 38.1 Å². The lowest BCUT2D eigenvalue weighted by Gasteiger charge is -2.37. The molecule has 0 bridgehead atoms. The highest BCUT2D eigenvalue weighted by Gasteiger charge is 2.50. The molecule has 2 aliphatic heterocycles. The van der Waals surface area contributed by atoms with Crippen molar-refractivity contribution in [3.63, 3.8) is 0 Å². The van der Waals surface area contributed by atoms with Gasteiger partial charge in [-0.05, 0) is 41.5 Å². The van der Waals surface area contributed by atoms with Crippen molar-refractivity contribution in [2.24, 2.45) is 16.9 Å². The lowest BCUT2D eigenvalue weighted by atomic mass is 9.65. The fourth-order valence-electron chi connectivity index (χ4n) is 5.95. The van der Waals surface area contributed by atoms with Gasteiger partial charge in [0.25, 0.3) is 5.69 Å². The normalized spacial score (nSPS) is 20.0. The van der Waals surface area contributed by atoms with Gasteiger partial charge in [0.1, 0.15) is 0 Å². The zero-order valence-electron chi connectivity index (χ0n) is 22.8. The molecule has 12 heteroatoms. The Kier molecular flexibility index (Phi) is 6.52. The van der Waals surface area contributed by atoms with Gasteiger partial charge in [0.05, 0.1) is 57.2 Å². The molecule has 41 heavy (non-hydrogen) atoms. The van der Waals surface area contributed by atoms with Crippen LogP contribution in [0.4, 0.5) is 11.4 Å². The highest BCUT2D eigenvalue weighted by Crippen LogP contribution is 2.52. The summed E-state index contributed by atoms with van der Waals surface area (Å²) in [5, 5.41) is 18.0. The van der Waals surface area contributed by atoms with Crippen LogP contribution in [0, 0.1) is 22.0 Å². The van der Waals surface area contributed by atoms with Crippen LogP contribution >= 0.6 is 0 Å². The van der Waals surface area contributed by atoms with Gasteiger partial charge in [-0.15, -0.1) is 0 Å². The number of nitro benzene ring substituents is 1. The number of carbonyl (C=O) groups is 1. The van der Waals surface area contributed by atoms with Crippen molar-refractivity contribution in [2.75, 3.05) is 46.8 Å². The lowest BCUT2D eigenvalue weighted by molar-refractivity contribution is -0.384. The minimum absolute atomic E-state index is 0.0545. The number of anilines is 1. The molecule has 6 rings (SSSR count). The molecule has 0 spiro atoms. The third-order valence-corrected chi connectivity index (χ3v) is 7.76. The Hall–Kier alpha value is -5.00. The molecular formula is C29H27N3O9. The second kappa shape index (κ2) is 10.2. The maximum absolute atomic E-state index is 13.6. The van der Waals surface area contributed by atoms with Crippen molar-refractivity contribution >= 4 is 23.1 Å². The third-order valence-electron chi connectivity index (χ3n) is 7.76. The van der Waals surface area contributed by atoms with Gasteiger partial charge >= 0.3 is 5.97 Å². The Morgan fingerprint density at radius 3 is 2.34 bits per heavy atom. The number of rotatable bonds is 7. The van der Waals surface area contributed by atoms with Crippen LogP contribution in [0.3, 0.4) is 0 Å². The molecule has 0 N–H and O–H groups in total. The fraction of sp³-hybridized carbons (Fsp3) is 0.310. The molecule has 3 aromatic carbocycles. The summed E-state index contributed by atoms with van der Waals surface area (Å²) in [5.74, 6) is 0.359. The number of non-ortho nitro benzene ring substituents is 1. The Morgan fingerprint density at radius 1 is 1.00 bits per heavy atom. The molecule has 0 aromatic heterocycles. The van der Waals surface area contributed by atoms with Crippen LogP contribution < -0.4 is 28.7 Å². The molecular weight excluding hydrogens is 534 g/mol. The van der Waals surface area contributed by atoms with E-state index < -0.39 is 28.6 Å². The fourth-order valence-corrected chi connectivity index (χ4v) is 5.95. The van der Waals surface area contributed by atoms with E-state index in [0.29, 0.717) is 46.7 Å². The summed E-state index contributed by atoms with van der Waals surface area (Å²) in [4.78, 5) is 24.6. The molecule has 0 radical (unpaired) electrons. The van der Waals surface area contributed by atoms with Gasteiger partial charge in [0.15, 0.2) is 23.0 Å². The van der Waals surface area contributed by atoms with Gasteiger partial charge in [-0.1, -0.05) is 6.07 Å². The first-order valence-electron chi connectivity index (χ1n) is 12.8. The van der Waals surface area contributed by atoms with E-state index >= 15 is 0 Å². The van der Waals surface area contributed by atoms with Crippen molar-refractivity contribution in [1.29, 1.82) is 0 Å². The van der Waals surface area contributed by atoms with Gasteiger partial charge < -0.3 is 28.4 Å². The van der Waals surface area contributed by atoms with Gasteiger partial charge in [0.2, 0.25) is 12.5 Å². The molecule has 2 heterocycles. The van der Waals surface area contributed by atoms with Gasteiger partial charge in [-0.3, -0.25) is 19.9 Å². The molecule has 3 aliphatic rings. The Balaban J connectivity index is 1.56. The number of nitrogens with zero attached hydrogens (tertiary/aromatic N) is 3. The summed E-state index contributed by atoms with van der Waals surface area (Å²) in [5.41, 5.74) is 3.45.